The lowest BCUT2D eigenvalue weighted by Crippen LogP contribution is -2.47. The first kappa shape index (κ1) is 20.6. The molecule has 1 aliphatic heterocycles. The number of aromatic nitrogens is 4. The van der Waals surface area contributed by atoms with Crippen molar-refractivity contribution in [3.8, 4) is 0 Å². The summed E-state index contributed by atoms with van der Waals surface area (Å²) < 4.78 is 8.45. The summed E-state index contributed by atoms with van der Waals surface area (Å²) in [6.07, 6.45) is 0. The molecule has 1 N–H and O–H groups in total. The van der Waals surface area contributed by atoms with Crippen LogP contribution in [0.2, 0.25) is 5.02 Å². The van der Waals surface area contributed by atoms with E-state index in [9.17, 15) is 9.59 Å². The van der Waals surface area contributed by atoms with Gasteiger partial charge in [-0.3, -0.25) is 19.2 Å². The molecule has 1 aliphatic rings. The summed E-state index contributed by atoms with van der Waals surface area (Å²) in [6.45, 7) is 5.06. The molecule has 1 fully saturated rings. The van der Waals surface area contributed by atoms with Crippen molar-refractivity contribution in [1.29, 1.82) is 0 Å². The van der Waals surface area contributed by atoms with E-state index in [0.717, 1.165) is 37.7 Å². The van der Waals surface area contributed by atoms with Gasteiger partial charge in [0.15, 0.2) is 11.2 Å². The number of hydrogen-bond acceptors (Lipinski definition) is 6. The molecule has 0 saturated carbocycles. The number of imidazole rings is 1. The van der Waals surface area contributed by atoms with Gasteiger partial charge in [-0.1, -0.05) is 23.7 Å². The maximum Gasteiger partial charge on any atom is 0.329 e. The predicted octanol–water partition coefficient (Wildman–Crippen LogP) is 1.05. The highest BCUT2D eigenvalue weighted by molar-refractivity contribution is 6.30. The van der Waals surface area contributed by atoms with Gasteiger partial charge in [0.25, 0.3) is 5.56 Å². The van der Waals surface area contributed by atoms with Crippen LogP contribution < -0.4 is 16.1 Å². The molecule has 0 atom stereocenters. The number of nitrogens with one attached hydrogen (secondary N) is 1. The number of anilines is 1. The molecule has 0 aliphatic carbocycles. The molecule has 0 amide bonds. The first-order chi connectivity index (χ1) is 14.5. The van der Waals surface area contributed by atoms with Crippen molar-refractivity contribution in [3.05, 3.63) is 55.7 Å². The highest BCUT2D eigenvalue weighted by Crippen LogP contribution is 2.21. The molecule has 3 heterocycles. The third kappa shape index (κ3) is 4.00. The first-order valence-electron chi connectivity index (χ1n) is 9.88. The molecule has 160 valence electrons. The zero-order chi connectivity index (χ0) is 21.3. The Kier molecular flexibility index (Phi) is 5.94. The number of nitrogens with zero attached hydrogens (tertiary/aromatic N) is 5. The van der Waals surface area contributed by atoms with Gasteiger partial charge >= 0.3 is 5.69 Å². The van der Waals surface area contributed by atoms with Crippen LogP contribution in [0, 0.1) is 0 Å². The third-order valence-electron chi connectivity index (χ3n) is 5.48. The summed E-state index contributed by atoms with van der Waals surface area (Å²) in [6, 6.07) is 7.91. The Labute approximate surface area is 178 Å². The molecule has 3 aromatic rings. The molecule has 9 nitrogen and oxygen atoms in total. The van der Waals surface area contributed by atoms with E-state index in [1.54, 1.807) is 14.2 Å². The number of aryl methyl sites for hydroxylation is 1. The van der Waals surface area contributed by atoms with E-state index in [2.05, 4.69) is 19.8 Å². The van der Waals surface area contributed by atoms with Crippen LogP contribution in [0.25, 0.3) is 11.2 Å². The summed E-state index contributed by atoms with van der Waals surface area (Å²) in [5.74, 6) is 0.694. The number of benzene rings is 1. The minimum absolute atomic E-state index is 0.387. The lowest BCUT2D eigenvalue weighted by molar-refractivity contribution is 0.188. The molecular formula is C20H25ClN6O3. The van der Waals surface area contributed by atoms with E-state index < -0.39 is 11.2 Å². The molecule has 0 bridgehead atoms. The van der Waals surface area contributed by atoms with Gasteiger partial charge in [0, 0.05) is 58.4 Å². The molecular weight excluding hydrogens is 408 g/mol. The maximum atomic E-state index is 12.5. The van der Waals surface area contributed by atoms with Crippen molar-refractivity contribution >= 4 is 28.7 Å². The normalized spacial score (nSPS) is 15.2. The number of ether oxygens (including phenoxy) is 1. The number of H-pyrrole nitrogens is 1. The number of methoxy groups -OCH3 is 1. The molecule has 0 spiro atoms. The fourth-order valence-corrected chi connectivity index (χ4v) is 3.94. The quantitative estimate of drug-likeness (QED) is 0.626. The molecule has 1 saturated heterocycles. The minimum Gasteiger partial charge on any atom is -0.383 e. The fourth-order valence-electron chi connectivity index (χ4n) is 3.81. The van der Waals surface area contributed by atoms with Gasteiger partial charge in [-0.05, 0) is 17.7 Å². The Morgan fingerprint density at radius 1 is 1.13 bits per heavy atom. The van der Waals surface area contributed by atoms with Crippen LogP contribution in [0.5, 0.6) is 0 Å². The standard InChI is InChI=1S/C20H25ClN6O3/c1-24-17-16(18(28)23-20(24)29)27(11-12-30-2)19(22-17)26-9-7-25(8-10-26)13-14-3-5-15(21)6-4-14/h3-6H,7-13H2,1-2H3,(H,23,28,29). The summed E-state index contributed by atoms with van der Waals surface area (Å²) in [7, 11) is 3.23. The van der Waals surface area contributed by atoms with Crippen molar-refractivity contribution in [2.24, 2.45) is 7.05 Å². The van der Waals surface area contributed by atoms with E-state index in [1.165, 1.54) is 10.1 Å². The Bertz CT molecular complexity index is 1140. The lowest BCUT2D eigenvalue weighted by atomic mass is 10.2. The van der Waals surface area contributed by atoms with Crippen LogP contribution in [-0.2, 0) is 24.9 Å². The van der Waals surface area contributed by atoms with Gasteiger partial charge in [0.1, 0.15) is 0 Å². The van der Waals surface area contributed by atoms with Crippen LogP contribution >= 0.6 is 11.6 Å². The molecule has 0 radical (unpaired) electrons. The topological polar surface area (TPSA) is 88.4 Å². The largest absolute Gasteiger partial charge is 0.383 e. The summed E-state index contributed by atoms with van der Waals surface area (Å²) in [4.78, 5) is 36.1. The average Bonchev–Trinajstić information content (AvgIpc) is 3.13. The summed E-state index contributed by atoms with van der Waals surface area (Å²) >= 11 is 5.97. The second kappa shape index (κ2) is 8.63. The van der Waals surface area contributed by atoms with E-state index in [4.69, 9.17) is 16.3 Å². The number of hydrogen-bond donors (Lipinski definition) is 1. The van der Waals surface area contributed by atoms with Gasteiger partial charge in [0.2, 0.25) is 5.95 Å². The van der Waals surface area contributed by atoms with Crippen molar-refractivity contribution in [2.45, 2.75) is 13.1 Å². The van der Waals surface area contributed by atoms with Gasteiger partial charge < -0.3 is 14.2 Å². The van der Waals surface area contributed by atoms with Crippen LogP contribution in [0.4, 0.5) is 5.95 Å². The van der Waals surface area contributed by atoms with E-state index in [-0.39, 0.29) is 0 Å². The van der Waals surface area contributed by atoms with Crippen LogP contribution in [0.1, 0.15) is 5.56 Å². The van der Waals surface area contributed by atoms with Gasteiger partial charge in [-0.15, -0.1) is 0 Å². The monoisotopic (exact) mass is 432 g/mol. The molecule has 30 heavy (non-hydrogen) atoms. The van der Waals surface area contributed by atoms with Crippen molar-refractivity contribution < 1.29 is 4.74 Å². The van der Waals surface area contributed by atoms with Gasteiger partial charge in [-0.2, -0.15) is 4.98 Å². The Morgan fingerprint density at radius 3 is 2.50 bits per heavy atom. The molecule has 10 heteroatoms. The zero-order valence-electron chi connectivity index (χ0n) is 17.1. The number of fused-ring (bicyclic) bond motifs is 1. The van der Waals surface area contributed by atoms with Gasteiger partial charge in [0.05, 0.1) is 6.61 Å². The third-order valence-corrected chi connectivity index (χ3v) is 5.73. The summed E-state index contributed by atoms with van der Waals surface area (Å²) in [5, 5.41) is 0.739. The number of aromatic amines is 1. The van der Waals surface area contributed by atoms with E-state index >= 15 is 0 Å². The lowest BCUT2D eigenvalue weighted by Gasteiger charge is -2.35. The van der Waals surface area contributed by atoms with Crippen molar-refractivity contribution in [3.63, 3.8) is 0 Å². The summed E-state index contributed by atoms with van der Waals surface area (Å²) in [5.41, 5.74) is 1.11. The first-order valence-corrected chi connectivity index (χ1v) is 10.3. The Morgan fingerprint density at radius 2 is 1.83 bits per heavy atom. The molecule has 1 aromatic carbocycles. The van der Waals surface area contributed by atoms with Gasteiger partial charge in [-0.25, -0.2) is 4.79 Å². The number of rotatable bonds is 6. The van der Waals surface area contributed by atoms with E-state index in [0.29, 0.717) is 30.3 Å². The maximum absolute atomic E-state index is 12.5. The number of piperazine rings is 1. The SMILES string of the molecule is COCCn1c(N2CCN(Cc3ccc(Cl)cc3)CC2)nc2c1c(=O)[nH]c(=O)n2C. The second-order valence-electron chi connectivity index (χ2n) is 7.44. The van der Waals surface area contributed by atoms with Crippen LogP contribution in [-0.4, -0.2) is 63.9 Å². The van der Waals surface area contributed by atoms with Crippen LogP contribution in [0.3, 0.4) is 0 Å². The van der Waals surface area contributed by atoms with E-state index in [1.807, 2.05) is 28.8 Å². The highest BCUT2D eigenvalue weighted by Gasteiger charge is 2.24. The Hall–Kier alpha value is -2.62. The highest BCUT2D eigenvalue weighted by atomic mass is 35.5. The minimum atomic E-state index is -0.469. The predicted molar refractivity (Wildman–Crippen MR) is 116 cm³/mol. The molecule has 0 unspecified atom stereocenters. The average molecular weight is 433 g/mol. The molecule has 2 aromatic heterocycles. The number of halogens is 1. The van der Waals surface area contributed by atoms with Crippen LogP contribution in [0.15, 0.2) is 33.9 Å². The molecule has 4 rings (SSSR count). The zero-order valence-corrected chi connectivity index (χ0v) is 17.9. The van der Waals surface area contributed by atoms with Crippen molar-refractivity contribution in [1.82, 2.24) is 24.0 Å². The smallest absolute Gasteiger partial charge is 0.329 e. The van der Waals surface area contributed by atoms with Crippen molar-refractivity contribution in [2.75, 3.05) is 44.8 Å². The second-order valence-corrected chi connectivity index (χ2v) is 7.87. The Balaban J connectivity index is 1.58. The fraction of sp³-hybridized carbons (Fsp3) is 0.450.